The van der Waals surface area contributed by atoms with Gasteiger partial charge in [0.05, 0.1) is 13.2 Å². The van der Waals surface area contributed by atoms with Crippen LogP contribution in [0.3, 0.4) is 0 Å². The maximum atomic E-state index is 12.3. The van der Waals surface area contributed by atoms with E-state index in [0.29, 0.717) is 32.4 Å². The lowest BCUT2D eigenvalue weighted by Gasteiger charge is -2.30. The van der Waals surface area contributed by atoms with Crippen LogP contribution in [0.2, 0.25) is 0 Å². The fourth-order valence-corrected chi connectivity index (χ4v) is 3.10. The van der Waals surface area contributed by atoms with Crippen molar-refractivity contribution in [3.05, 3.63) is 24.3 Å². The molecule has 1 aliphatic rings. The van der Waals surface area contributed by atoms with Crippen molar-refractivity contribution in [1.29, 1.82) is 0 Å². The van der Waals surface area contributed by atoms with E-state index in [1.807, 2.05) is 24.3 Å². The van der Waals surface area contributed by atoms with Gasteiger partial charge in [-0.15, -0.1) is 0 Å². The number of fused-ring (bicyclic) bond motifs is 1. The third kappa shape index (κ3) is 4.95. The van der Waals surface area contributed by atoms with Gasteiger partial charge in [0.25, 0.3) is 6.01 Å². The number of para-hydroxylation sites is 2. The van der Waals surface area contributed by atoms with E-state index in [-0.39, 0.29) is 11.8 Å². The summed E-state index contributed by atoms with van der Waals surface area (Å²) < 4.78 is 16.1. The lowest BCUT2D eigenvalue weighted by atomic mass is 9.96. The number of nitrogens with zero attached hydrogens (tertiary/aromatic N) is 2. The number of rotatable bonds is 9. The molecule has 1 aromatic carbocycles. The summed E-state index contributed by atoms with van der Waals surface area (Å²) in [5, 5.41) is 3.01. The van der Waals surface area contributed by atoms with E-state index >= 15 is 0 Å². The Morgan fingerprint density at radius 1 is 1.27 bits per heavy atom. The lowest BCUT2D eigenvalue weighted by molar-refractivity contribution is -0.125. The van der Waals surface area contributed by atoms with E-state index in [1.54, 1.807) is 7.11 Å². The third-order valence-electron chi connectivity index (χ3n) is 4.62. The van der Waals surface area contributed by atoms with Crippen molar-refractivity contribution in [2.24, 2.45) is 5.92 Å². The van der Waals surface area contributed by atoms with E-state index in [1.165, 1.54) is 0 Å². The Kier molecular flexibility index (Phi) is 6.85. The second-order valence-corrected chi connectivity index (χ2v) is 6.48. The van der Waals surface area contributed by atoms with E-state index < -0.39 is 0 Å². The van der Waals surface area contributed by atoms with Crippen LogP contribution in [0.4, 0.5) is 6.01 Å². The number of methoxy groups -OCH3 is 1. The lowest BCUT2D eigenvalue weighted by Crippen LogP contribution is -2.41. The highest BCUT2D eigenvalue weighted by molar-refractivity contribution is 5.79. The molecule has 0 spiro atoms. The molecule has 0 saturated carbocycles. The average Bonchev–Trinajstić information content (AvgIpc) is 3.11. The smallest absolute Gasteiger partial charge is 0.298 e. The van der Waals surface area contributed by atoms with E-state index in [4.69, 9.17) is 13.9 Å². The SMILES string of the molecule is COCCOCCCNC(=O)C1CCN(c2nc3ccccc3o2)CC1. The molecule has 7 heteroatoms. The molecule has 1 amide bonds. The van der Waals surface area contributed by atoms with Gasteiger partial charge < -0.3 is 24.1 Å². The minimum Gasteiger partial charge on any atom is -0.423 e. The molecule has 2 aromatic rings. The Balaban J connectivity index is 1.37. The van der Waals surface area contributed by atoms with Crippen LogP contribution in [0.1, 0.15) is 19.3 Å². The number of amides is 1. The highest BCUT2D eigenvalue weighted by Gasteiger charge is 2.26. The maximum Gasteiger partial charge on any atom is 0.298 e. The van der Waals surface area contributed by atoms with Crippen molar-refractivity contribution in [2.45, 2.75) is 19.3 Å². The first kappa shape index (κ1) is 18.7. The zero-order chi connectivity index (χ0) is 18.2. The van der Waals surface area contributed by atoms with Crippen LogP contribution < -0.4 is 10.2 Å². The Labute approximate surface area is 153 Å². The summed E-state index contributed by atoms with van der Waals surface area (Å²) in [7, 11) is 1.65. The normalized spacial score (nSPS) is 15.5. The van der Waals surface area contributed by atoms with Crippen LogP contribution >= 0.6 is 0 Å². The van der Waals surface area contributed by atoms with Crippen LogP contribution in [0.15, 0.2) is 28.7 Å². The number of ether oxygens (including phenoxy) is 2. The molecule has 3 rings (SSSR count). The van der Waals surface area contributed by atoms with Crippen molar-refractivity contribution in [2.75, 3.05) is 51.5 Å². The monoisotopic (exact) mass is 361 g/mol. The van der Waals surface area contributed by atoms with Crippen LogP contribution in [0.5, 0.6) is 0 Å². The Morgan fingerprint density at radius 3 is 2.85 bits per heavy atom. The number of carbonyl (C=O) groups is 1. The van der Waals surface area contributed by atoms with Gasteiger partial charge in [-0.05, 0) is 31.4 Å². The van der Waals surface area contributed by atoms with Crippen molar-refractivity contribution < 1.29 is 18.7 Å². The molecule has 26 heavy (non-hydrogen) atoms. The molecule has 1 saturated heterocycles. The van der Waals surface area contributed by atoms with Crippen molar-refractivity contribution in [3.63, 3.8) is 0 Å². The first-order valence-electron chi connectivity index (χ1n) is 9.23. The quantitative estimate of drug-likeness (QED) is 0.690. The van der Waals surface area contributed by atoms with Gasteiger partial charge in [-0.3, -0.25) is 4.79 Å². The summed E-state index contributed by atoms with van der Waals surface area (Å²) in [4.78, 5) is 18.9. The maximum absolute atomic E-state index is 12.3. The number of oxazole rings is 1. The summed E-state index contributed by atoms with van der Waals surface area (Å²) in [6.45, 7) is 4.05. The number of piperidine rings is 1. The van der Waals surface area contributed by atoms with Gasteiger partial charge in [0.1, 0.15) is 5.52 Å². The van der Waals surface area contributed by atoms with Gasteiger partial charge in [0, 0.05) is 39.3 Å². The molecule has 142 valence electrons. The molecular weight excluding hydrogens is 334 g/mol. The third-order valence-corrected chi connectivity index (χ3v) is 4.62. The molecular formula is C19H27N3O4. The molecule has 1 aliphatic heterocycles. The van der Waals surface area contributed by atoms with Crippen LogP contribution in [0, 0.1) is 5.92 Å². The zero-order valence-electron chi connectivity index (χ0n) is 15.3. The first-order chi connectivity index (χ1) is 12.8. The van der Waals surface area contributed by atoms with Gasteiger partial charge in [-0.25, -0.2) is 0 Å². The van der Waals surface area contributed by atoms with Gasteiger partial charge >= 0.3 is 0 Å². The number of nitrogens with one attached hydrogen (secondary N) is 1. The molecule has 0 atom stereocenters. The minimum absolute atomic E-state index is 0.0602. The Bertz CT molecular complexity index is 662. The van der Waals surface area contributed by atoms with Crippen molar-refractivity contribution in [1.82, 2.24) is 10.3 Å². The molecule has 1 fully saturated rings. The number of anilines is 1. The molecule has 1 N–H and O–H groups in total. The fourth-order valence-electron chi connectivity index (χ4n) is 3.10. The van der Waals surface area contributed by atoms with E-state index in [9.17, 15) is 4.79 Å². The molecule has 0 bridgehead atoms. The number of aromatic nitrogens is 1. The summed E-state index contributed by atoms with van der Waals surface area (Å²) in [5.74, 6) is 0.198. The van der Waals surface area contributed by atoms with Gasteiger partial charge in [0.2, 0.25) is 5.91 Å². The Hall–Kier alpha value is -2.12. The second-order valence-electron chi connectivity index (χ2n) is 6.48. The molecule has 7 nitrogen and oxygen atoms in total. The summed E-state index contributed by atoms with van der Waals surface area (Å²) in [6.07, 6.45) is 2.45. The van der Waals surface area contributed by atoms with Gasteiger partial charge in [0.15, 0.2) is 5.58 Å². The topological polar surface area (TPSA) is 76.8 Å². The predicted molar refractivity (Wildman–Crippen MR) is 99.3 cm³/mol. The minimum atomic E-state index is 0.0602. The summed E-state index contributed by atoms with van der Waals surface area (Å²) in [5.41, 5.74) is 1.67. The van der Waals surface area contributed by atoms with E-state index in [2.05, 4.69) is 15.2 Å². The second kappa shape index (κ2) is 9.54. The summed E-state index contributed by atoms with van der Waals surface area (Å²) >= 11 is 0. The molecule has 1 aromatic heterocycles. The number of carbonyl (C=O) groups excluding carboxylic acids is 1. The molecule has 0 unspecified atom stereocenters. The summed E-state index contributed by atoms with van der Waals surface area (Å²) in [6, 6.07) is 8.41. The van der Waals surface area contributed by atoms with Crippen LogP contribution in [0.25, 0.3) is 11.1 Å². The molecule has 2 heterocycles. The number of hydrogen-bond donors (Lipinski definition) is 1. The number of hydrogen-bond acceptors (Lipinski definition) is 6. The van der Waals surface area contributed by atoms with Crippen LogP contribution in [-0.2, 0) is 14.3 Å². The number of benzene rings is 1. The largest absolute Gasteiger partial charge is 0.423 e. The first-order valence-corrected chi connectivity index (χ1v) is 9.23. The van der Waals surface area contributed by atoms with Gasteiger partial charge in [-0.2, -0.15) is 4.98 Å². The molecule has 0 radical (unpaired) electrons. The standard InChI is InChI=1S/C19H27N3O4/c1-24-13-14-25-12-4-9-20-18(23)15-7-10-22(11-8-15)19-21-16-5-2-3-6-17(16)26-19/h2-3,5-6,15H,4,7-14H2,1H3,(H,20,23). The van der Waals surface area contributed by atoms with Crippen molar-refractivity contribution in [3.8, 4) is 0 Å². The molecule has 0 aliphatic carbocycles. The highest BCUT2D eigenvalue weighted by atomic mass is 16.5. The predicted octanol–water partition coefficient (Wildman–Crippen LogP) is 2.21. The highest BCUT2D eigenvalue weighted by Crippen LogP contribution is 2.26. The Morgan fingerprint density at radius 2 is 2.08 bits per heavy atom. The average molecular weight is 361 g/mol. The van der Waals surface area contributed by atoms with E-state index in [0.717, 1.165) is 43.5 Å². The van der Waals surface area contributed by atoms with Gasteiger partial charge in [-0.1, -0.05) is 12.1 Å². The van der Waals surface area contributed by atoms with Crippen LogP contribution in [-0.4, -0.2) is 57.5 Å². The zero-order valence-corrected chi connectivity index (χ0v) is 15.3. The fraction of sp³-hybridized carbons (Fsp3) is 0.579. The van der Waals surface area contributed by atoms with Crippen molar-refractivity contribution >= 4 is 23.0 Å².